The maximum atomic E-state index is 14.1. The fourth-order valence-electron chi connectivity index (χ4n) is 5.43. The van der Waals surface area contributed by atoms with E-state index < -0.39 is 12.6 Å². The van der Waals surface area contributed by atoms with Crippen molar-refractivity contribution in [3.63, 3.8) is 0 Å². The Morgan fingerprint density at radius 1 is 0.655 bits per heavy atom. The van der Waals surface area contributed by atoms with Crippen molar-refractivity contribution in [3.05, 3.63) is 118 Å². The molecule has 6 rings (SSSR count). The minimum absolute atomic E-state index is 0.506. The molecule has 0 N–H and O–H groups in total. The van der Waals surface area contributed by atoms with Crippen molar-refractivity contribution in [2.45, 2.75) is 5.41 Å². The summed E-state index contributed by atoms with van der Waals surface area (Å²) >= 11 is 6.52. The number of fused-ring (bicyclic) bond motifs is 9. The zero-order valence-electron chi connectivity index (χ0n) is 15.9. The number of halogens is 1. The van der Waals surface area contributed by atoms with Crippen LogP contribution in [0.25, 0.3) is 11.1 Å². The van der Waals surface area contributed by atoms with Gasteiger partial charge in [-0.3, -0.25) is 0 Å². The molecule has 29 heavy (non-hydrogen) atoms. The number of rotatable bonds is 0. The van der Waals surface area contributed by atoms with E-state index in [0.29, 0.717) is 0 Å². The maximum absolute atomic E-state index is 14.1. The largest absolute Gasteiger partial charge is 0.314 e. The molecule has 0 saturated heterocycles. The van der Waals surface area contributed by atoms with Crippen LogP contribution in [0.5, 0.6) is 0 Å². The Morgan fingerprint density at radius 2 is 1.17 bits per heavy atom. The van der Waals surface area contributed by atoms with Gasteiger partial charge in [0.2, 0.25) is 0 Å². The maximum Gasteiger partial charge on any atom is 0.140 e. The second kappa shape index (κ2) is 5.72. The second-order valence-corrected chi connectivity index (χ2v) is 11.2. The summed E-state index contributed by atoms with van der Waals surface area (Å²) in [5.74, 6) is 0. The average Bonchev–Trinajstić information content (AvgIpc) is 3.03. The topological polar surface area (TPSA) is 17.1 Å². The Kier molecular flexibility index (Phi) is 3.41. The van der Waals surface area contributed by atoms with Crippen molar-refractivity contribution in [2.24, 2.45) is 0 Å². The average molecular weight is 413 g/mol. The lowest BCUT2D eigenvalue weighted by atomic mass is 9.67. The molecular weight excluding hydrogens is 395 g/mol. The molecule has 0 fully saturated rings. The molecule has 0 aromatic heterocycles. The van der Waals surface area contributed by atoms with E-state index >= 15 is 0 Å². The van der Waals surface area contributed by atoms with Crippen LogP contribution < -0.4 is 10.6 Å². The summed E-state index contributed by atoms with van der Waals surface area (Å²) in [5.41, 5.74) is 6.53. The number of benzene rings is 4. The first-order valence-electron chi connectivity index (χ1n) is 9.74. The molecule has 0 atom stereocenters. The van der Waals surface area contributed by atoms with E-state index in [-0.39, 0.29) is 0 Å². The first-order valence-corrected chi connectivity index (χ1v) is 12.3. The van der Waals surface area contributed by atoms with Gasteiger partial charge < -0.3 is 4.57 Å². The van der Waals surface area contributed by atoms with Crippen LogP contribution in [-0.2, 0) is 9.98 Å². The summed E-state index contributed by atoms with van der Waals surface area (Å²) in [6, 6.07) is 31.2. The Morgan fingerprint density at radius 3 is 1.83 bits per heavy atom. The van der Waals surface area contributed by atoms with Crippen molar-refractivity contribution in [1.29, 1.82) is 0 Å². The molecule has 1 spiro atoms. The zero-order chi connectivity index (χ0) is 19.8. The summed E-state index contributed by atoms with van der Waals surface area (Å²) in [4.78, 5) is 0. The van der Waals surface area contributed by atoms with E-state index in [1.807, 2.05) is 37.0 Å². The molecule has 3 heteroatoms. The van der Waals surface area contributed by atoms with Gasteiger partial charge in [-0.1, -0.05) is 90.5 Å². The SMILES string of the molecule is CP1(=O)c2ccccc2C2(c3ccccc3-c3ccc(Cl)cc32)c2ccccc21. The molecule has 1 aliphatic carbocycles. The van der Waals surface area contributed by atoms with Gasteiger partial charge >= 0.3 is 0 Å². The van der Waals surface area contributed by atoms with Crippen molar-refractivity contribution < 1.29 is 4.57 Å². The van der Waals surface area contributed by atoms with Crippen LogP contribution in [0.2, 0.25) is 5.02 Å². The Hall–Kier alpha value is -2.60. The standard InChI is InChI=1S/C26H18ClOP/c1-29(28)24-12-6-4-10-21(24)26(22-11-5-7-13-25(22)29)20-9-3-2-8-18(20)19-15-14-17(27)16-23(19)26/h2-16H,1H3. The monoisotopic (exact) mass is 412 g/mol. The van der Waals surface area contributed by atoms with E-state index in [4.69, 9.17) is 11.6 Å². The Bertz CT molecular complexity index is 1320. The molecular formula is C26H18ClOP. The highest BCUT2D eigenvalue weighted by molar-refractivity contribution is 7.78. The lowest BCUT2D eigenvalue weighted by molar-refractivity contribution is 0.588. The van der Waals surface area contributed by atoms with Crippen LogP contribution in [0.1, 0.15) is 22.3 Å². The van der Waals surface area contributed by atoms with Crippen LogP contribution in [0.15, 0.2) is 91.0 Å². The van der Waals surface area contributed by atoms with Crippen LogP contribution in [0.3, 0.4) is 0 Å². The third-order valence-corrected chi connectivity index (χ3v) is 9.40. The molecule has 0 unspecified atom stereocenters. The Balaban J connectivity index is 1.90. The smallest absolute Gasteiger partial charge is 0.140 e. The van der Waals surface area contributed by atoms with Crippen LogP contribution >= 0.6 is 18.7 Å². The van der Waals surface area contributed by atoms with Crippen LogP contribution in [0, 0.1) is 0 Å². The summed E-state index contributed by atoms with van der Waals surface area (Å²) in [6.07, 6.45) is 0. The van der Waals surface area contributed by atoms with Gasteiger partial charge in [0.25, 0.3) is 0 Å². The molecule has 4 aromatic rings. The second-order valence-electron chi connectivity index (χ2n) is 7.94. The highest BCUT2D eigenvalue weighted by atomic mass is 35.5. The molecule has 0 amide bonds. The summed E-state index contributed by atoms with van der Waals surface area (Å²) in [6.45, 7) is 1.90. The highest BCUT2D eigenvalue weighted by Crippen LogP contribution is 2.61. The number of hydrogen-bond donors (Lipinski definition) is 0. The van der Waals surface area contributed by atoms with E-state index in [1.165, 1.54) is 22.3 Å². The molecule has 1 aliphatic heterocycles. The molecule has 1 heterocycles. The van der Waals surface area contributed by atoms with Gasteiger partial charge in [0, 0.05) is 15.6 Å². The van der Waals surface area contributed by atoms with E-state index in [2.05, 4.69) is 60.7 Å². The third-order valence-electron chi connectivity index (χ3n) is 6.54. The van der Waals surface area contributed by atoms with Crippen molar-refractivity contribution >= 4 is 29.4 Å². The van der Waals surface area contributed by atoms with Crippen molar-refractivity contribution in [2.75, 3.05) is 6.66 Å². The van der Waals surface area contributed by atoms with Gasteiger partial charge in [-0.15, -0.1) is 0 Å². The van der Waals surface area contributed by atoms with Gasteiger partial charge in [0.1, 0.15) is 7.14 Å². The lowest BCUT2D eigenvalue weighted by Crippen LogP contribution is -2.43. The quantitative estimate of drug-likeness (QED) is 0.287. The summed E-state index contributed by atoms with van der Waals surface area (Å²) < 4.78 is 14.1. The predicted molar refractivity (Wildman–Crippen MR) is 122 cm³/mol. The molecule has 0 saturated carbocycles. The zero-order valence-corrected chi connectivity index (χ0v) is 17.5. The Labute approximate surface area is 175 Å². The van der Waals surface area contributed by atoms with Gasteiger partial charge in [-0.2, -0.15) is 0 Å². The third kappa shape index (κ3) is 2.00. The van der Waals surface area contributed by atoms with Gasteiger partial charge in [-0.25, -0.2) is 0 Å². The van der Waals surface area contributed by atoms with Gasteiger partial charge in [0.05, 0.1) is 5.41 Å². The fourth-order valence-corrected chi connectivity index (χ4v) is 8.01. The fraction of sp³-hybridized carbons (Fsp3) is 0.0769. The van der Waals surface area contributed by atoms with E-state index in [1.54, 1.807) is 0 Å². The van der Waals surface area contributed by atoms with Crippen LogP contribution in [-0.4, -0.2) is 6.66 Å². The van der Waals surface area contributed by atoms with Crippen molar-refractivity contribution in [1.82, 2.24) is 0 Å². The van der Waals surface area contributed by atoms with Crippen LogP contribution in [0.4, 0.5) is 0 Å². The van der Waals surface area contributed by atoms with Crippen molar-refractivity contribution in [3.8, 4) is 11.1 Å². The summed E-state index contributed by atoms with van der Waals surface area (Å²) in [5, 5.41) is 2.61. The highest BCUT2D eigenvalue weighted by Gasteiger charge is 2.53. The van der Waals surface area contributed by atoms with E-state index in [0.717, 1.165) is 26.8 Å². The minimum Gasteiger partial charge on any atom is -0.314 e. The predicted octanol–water partition coefficient (Wildman–Crippen LogP) is 5.96. The van der Waals surface area contributed by atoms with Gasteiger partial charge in [-0.05, 0) is 52.2 Å². The molecule has 0 bridgehead atoms. The molecule has 1 nitrogen and oxygen atoms in total. The first kappa shape index (κ1) is 17.3. The normalized spacial score (nSPS) is 23.2. The molecule has 2 aliphatic rings. The lowest BCUT2D eigenvalue weighted by Gasteiger charge is -2.42. The molecule has 0 radical (unpaired) electrons. The van der Waals surface area contributed by atoms with Gasteiger partial charge in [0.15, 0.2) is 0 Å². The molecule has 140 valence electrons. The first-order chi connectivity index (χ1) is 14.1. The number of hydrogen-bond acceptors (Lipinski definition) is 1. The minimum atomic E-state index is -2.71. The summed E-state index contributed by atoms with van der Waals surface area (Å²) in [7, 11) is -2.71. The molecule has 4 aromatic carbocycles. The van der Waals surface area contributed by atoms with E-state index in [9.17, 15) is 4.57 Å².